The van der Waals surface area contributed by atoms with Crippen molar-refractivity contribution in [1.29, 1.82) is 0 Å². The number of anilines is 1. The number of aromatic nitrogens is 4. The third-order valence-corrected chi connectivity index (χ3v) is 5.81. The summed E-state index contributed by atoms with van der Waals surface area (Å²) < 4.78 is 2.93. The van der Waals surface area contributed by atoms with E-state index in [1.807, 2.05) is 61.0 Å². The van der Waals surface area contributed by atoms with Crippen LogP contribution in [0.4, 0.5) is 5.13 Å². The summed E-state index contributed by atoms with van der Waals surface area (Å²) in [5.41, 5.74) is 4.20. The Balaban J connectivity index is 1.78. The number of para-hydroxylation sites is 1. The minimum atomic E-state index is -0.171. The van der Waals surface area contributed by atoms with Gasteiger partial charge in [0.2, 0.25) is 0 Å². The minimum absolute atomic E-state index is 0.171. The van der Waals surface area contributed by atoms with E-state index in [1.54, 1.807) is 11.1 Å². The van der Waals surface area contributed by atoms with Crippen LogP contribution in [0.3, 0.4) is 0 Å². The highest BCUT2D eigenvalue weighted by atomic mass is 32.1. The predicted molar refractivity (Wildman–Crippen MR) is 116 cm³/mol. The number of carbonyl (C=O) groups excluding carboxylic acids is 1. The molecule has 4 aromatic rings. The summed E-state index contributed by atoms with van der Waals surface area (Å²) in [7, 11) is 0. The lowest BCUT2D eigenvalue weighted by Crippen LogP contribution is -2.31. The molecule has 0 N–H and O–H groups in total. The number of aryl methyl sites for hydroxylation is 2. The van der Waals surface area contributed by atoms with Crippen molar-refractivity contribution >= 4 is 32.6 Å². The number of pyridine rings is 1. The maximum absolute atomic E-state index is 13.5. The van der Waals surface area contributed by atoms with Crippen LogP contribution in [-0.2, 0) is 6.54 Å². The van der Waals surface area contributed by atoms with Gasteiger partial charge in [-0.2, -0.15) is 5.10 Å². The second kappa shape index (κ2) is 7.75. The van der Waals surface area contributed by atoms with E-state index in [4.69, 9.17) is 4.98 Å². The van der Waals surface area contributed by atoms with Crippen molar-refractivity contribution < 1.29 is 4.79 Å². The maximum atomic E-state index is 13.5. The van der Waals surface area contributed by atoms with Crippen molar-refractivity contribution in [3.8, 4) is 0 Å². The lowest BCUT2D eigenvalue weighted by atomic mass is 10.2. The van der Waals surface area contributed by atoms with Crippen molar-refractivity contribution in [2.75, 3.05) is 4.90 Å². The average Bonchev–Trinajstić information content (AvgIpc) is 3.31. The number of carbonyl (C=O) groups is 1. The zero-order chi connectivity index (χ0) is 20.5. The number of benzene rings is 1. The van der Waals surface area contributed by atoms with E-state index in [2.05, 4.69) is 23.9 Å². The first kappa shape index (κ1) is 19.3. The van der Waals surface area contributed by atoms with Gasteiger partial charge >= 0.3 is 0 Å². The van der Waals surface area contributed by atoms with Gasteiger partial charge in [0.1, 0.15) is 0 Å². The Morgan fingerprint density at radius 1 is 1.17 bits per heavy atom. The first-order chi connectivity index (χ1) is 13.9. The van der Waals surface area contributed by atoms with Gasteiger partial charge in [0, 0.05) is 17.9 Å². The highest BCUT2D eigenvalue weighted by Gasteiger charge is 2.25. The van der Waals surface area contributed by atoms with Gasteiger partial charge in [-0.05, 0) is 57.5 Å². The van der Waals surface area contributed by atoms with Crippen LogP contribution in [-0.4, -0.2) is 25.7 Å². The Hall–Kier alpha value is -3.06. The van der Waals surface area contributed by atoms with Gasteiger partial charge in [-0.3, -0.25) is 19.4 Å². The summed E-state index contributed by atoms with van der Waals surface area (Å²) >= 11 is 1.51. The fourth-order valence-electron chi connectivity index (χ4n) is 3.32. The number of rotatable bonds is 5. The van der Waals surface area contributed by atoms with Gasteiger partial charge in [0.15, 0.2) is 10.8 Å². The molecule has 3 aromatic heterocycles. The second-order valence-corrected chi connectivity index (χ2v) is 8.35. The molecule has 0 fully saturated rings. The van der Waals surface area contributed by atoms with E-state index in [-0.39, 0.29) is 11.9 Å². The number of thiazole rings is 1. The lowest BCUT2D eigenvalue weighted by Gasteiger charge is -2.18. The van der Waals surface area contributed by atoms with Crippen LogP contribution in [0.15, 0.2) is 48.7 Å². The maximum Gasteiger partial charge on any atom is 0.280 e. The Kier molecular flexibility index (Phi) is 5.15. The van der Waals surface area contributed by atoms with Crippen molar-refractivity contribution in [3.63, 3.8) is 0 Å². The van der Waals surface area contributed by atoms with Crippen molar-refractivity contribution in [1.82, 2.24) is 19.7 Å². The Morgan fingerprint density at radius 3 is 2.66 bits per heavy atom. The third-order valence-electron chi connectivity index (χ3n) is 4.76. The summed E-state index contributed by atoms with van der Waals surface area (Å²) in [5.74, 6) is -0.171. The van der Waals surface area contributed by atoms with Gasteiger partial charge < -0.3 is 0 Å². The molecule has 3 heterocycles. The van der Waals surface area contributed by atoms with Crippen LogP contribution in [0.5, 0.6) is 0 Å². The van der Waals surface area contributed by atoms with Crippen LogP contribution in [0.2, 0.25) is 0 Å². The molecule has 0 aliphatic heterocycles. The molecular formula is C22H23N5OS. The van der Waals surface area contributed by atoms with Crippen molar-refractivity contribution in [3.05, 3.63) is 71.3 Å². The summed E-state index contributed by atoms with van der Waals surface area (Å²) in [6, 6.07) is 13.8. The van der Waals surface area contributed by atoms with E-state index >= 15 is 0 Å². The fraction of sp³-hybridized carbons (Fsp3) is 0.273. The van der Waals surface area contributed by atoms with Gasteiger partial charge in [0.25, 0.3) is 5.91 Å². The highest BCUT2D eigenvalue weighted by molar-refractivity contribution is 7.22. The monoisotopic (exact) mass is 405 g/mol. The zero-order valence-electron chi connectivity index (χ0n) is 17.0. The third kappa shape index (κ3) is 3.78. The summed E-state index contributed by atoms with van der Waals surface area (Å²) in [6.45, 7) is 8.44. The second-order valence-electron chi connectivity index (χ2n) is 7.34. The largest absolute Gasteiger partial charge is 0.280 e. The van der Waals surface area contributed by atoms with Crippen LogP contribution in [0, 0.1) is 13.8 Å². The summed E-state index contributed by atoms with van der Waals surface area (Å²) in [6.07, 6.45) is 1.73. The van der Waals surface area contributed by atoms with Crippen LogP contribution < -0.4 is 4.90 Å². The standard InChI is InChI=1S/C22H23N5OS/c1-14(2)27-16(4)12-18(25-27)21(28)26(13-17-9-5-6-11-23-17)22-24-20-15(3)8-7-10-19(20)29-22/h5-12,14H,13H2,1-4H3. The van der Waals surface area contributed by atoms with E-state index in [0.717, 1.165) is 27.2 Å². The van der Waals surface area contributed by atoms with Gasteiger partial charge in [-0.15, -0.1) is 0 Å². The molecule has 6 nitrogen and oxygen atoms in total. The van der Waals surface area contributed by atoms with Crippen molar-refractivity contribution in [2.45, 2.75) is 40.3 Å². The molecule has 7 heteroatoms. The Morgan fingerprint density at radius 2 is 2.00 bits per heavy atom. The molecule has 0 radical (unpaired) electrons. The molecule has 0 spiro atoms. The molecule has 29 heavy (non-hydrogen) atoms. The predicted octanol–water partition coefficient (Wildman–Crippen LogP) is 4.93. The quantitative estimate of drug-likeness (QED) is 0.472. The summed E-state index contributed by atoms with van der Waals surface area (Å²) in [5, 5.41) is 5.20. The molecule has 4 rings (SSSR count). The van der Waals surface area contributed by atoms with E-state index < -0.39 is 0 Å². The first-order valence-electron chi connectivity index (χ1n) is 9.58. The smallest absolute Gasteiger partial charge is 0.276 e. The fourth-order valence-corrected chi connectivity index (χ4v) is 4.36. The Labute approximate surface area is 173 Å². The van der Waals surface area contributed by atoms with Gasteiger partial charge in [-0.1, -0.05) is 29.5 Å². The van der Waals surface area contributed by atoms with E-state index in [1.165, 1.54) is 11.3 Å². The molecule has 148 valence electrons. The molecule has 0 saturated carbocycles. The highest BCUT2D eigenvalue weighted by Crippen LogP contribution is 2.32. The topological polar surface area (TPSA) is 63.9 Å². The van der Waals surface area contributed by atoms with E-state index in [9.17, 15) is 4.79 Å². The number of amides is 1. The number of hydrogen-bond donors (Lipinski definition) is 0. The molecule has 0 aliphatic rings. The Bertz CT molecular complexity index is 1160. The number of hydrogen-bond acceptors (Lipinski definition) is 5. The molecule has 0 atom stereocenters. The van der Waals surface area contributed by atoms with Gasteiger partial charge in [0.05, 0.1) is 22.5 Å². The minimum Gasteiger partial charge on any atom is -0.276 e. The lowest BCUT2D eigenvalue weighted by molar-refractivity contribution is 0.0979. The normalized spacial score (nSPS) is 11.3. The average molecular weight is 406 g/mol. The summed E-state index contributed by atoms with van der Waals surface area (Å²) in [4.78, 5) is 24.3. The molecule has 0 saturated heterocycles. The van der Waals surface area contributed by atoms with Gasteiger partial charge in [-0.25, -0.2) is 4.98 Å². The van der Waals surface area contributed by atoms with E-state index in [0.29, 0.717) is 17.4 Å². The molecule has 0 bridgehead atoms. The molecule has 0 aliphatic carbocycles. The zero-order valence-corrected chi connectivity index (χ0v) is 17.8. The van der Waals surface area contributed by atoms with Crippen LogP contribution in [0.25, 0.3) is 10.2 Å². The van der Waals surface area contributed by atoms with Crippen molar-refractivity contribution in [2.24, 2.45) is 0 Å². The molecule has 0 unspecified atom stereocenters. The molecule has 1 amide bonds. The van der Waals surface area contributed by atoms with Crippen LogP contribution in [0.1, 0.15) is 47.3 Å². The number of nitrogens with zero attached hydrogens (tertiary/aromatic N) is 5. The first-order valence-corrected chi connectivity index (χ1v) is 10.4. The molecule has 1 aromatic carbocycles. The SMILES string of the molecule is Cc1cccc2sc(N(Cc3ccccn3)C(=O)c3cc(C)n(C(C)C)n3)nc12. The molecular weight excluding hydrogens is 382 g/mol. The number of fused-ring (bicyclic) bond motifs is 1. The van der Waals surface area contributed by atoms with Crippen LogP contribution >= 0.6 is 11.3 Å².